The summed E-state index contributed by atoms with van der Waals surface area (Å²) >= 11 is 0. The van der Waals surface area contributed by atoms with Crippen molar-refractivity contribution in [1.82, 2.24) is 20.3 Å². The van der Waals surface area contributed by atoms with Crippen LogP contribution >= 0.6 is 0 Å². The van der Waals surface area contributed by atoms with E-state index >= 15 is 0 Å². The lowest BCUT2D eigenvalue weighted by molar-refractivity contribution is 0.0925. The van der Waals surface area contributed by atoms with E-state index in [2.05, 4.69) is 20.9 Å². The molecule has 1 aliphatic rings. The van der Waals surface area contributed by atoms with Gasteiger partial charge in [-0.2, -0.15) is 0 Å². The van der Waals surface area contributed by atoms with Crippen LogP contribution in [-0.4, -0.2) is 69.1 Å². The molecule has 0 saturated carbocycles. The molecule has 29 heavy (non-hydrogen) atoms. The van der Waals surface area contributed by atoms with Crippen LogP contribution in [0.5, 0.6) is 0 Å². The predicted molar refractivity (Wildman–Crippen MR) is 114 cm³/mol. The molecule has 0 aliphatic carbocycles. The van der Waals surface area contributed by atoms with Gasteiger partial charge in [0, 0.05) is 44.3 Å². The summed E-state index contributed by atoms with van der Waals surface area (Å²) in [4.78, 5) is 16.6. The number of carbonyl (C=O) groups excluding carboxylic acids is 1. The van der Waals surface area contributed by atoms with Crippen molar-refractivity contribution in [3.63, 3.8) is 0 Å². The highest BCUT2D eigenvalue weighted by molar-refractivity contribution is 7.89. The molecule has 0 bridgehead atoms. The molecule has 2 heterocycles. The highest BCUT2D eigenvalue weighted by Gasteiger charge is 2.26. The summed E-state index contributed by atoms with van der Waals surface area (Å²) in [5, 5.41) is 9.44. The van der Waals surface area contributed by atoms with E-state index in [0.29, 0.717) is 38.4 Å². The maximum absolute atomic E-state index is 12.0. The van der Waals surface area contributed by atoms with E-state index < -0.39 is 10.0 Å². The molecule has 1 aromatic rings. The zero-order valence-corrected chi connectivity index (χ0v) is 18.3. The number of piperidine rings is 1. The topological polar surface area (TPSA) is 116 Å². The van der Waals surface area contributed by atoms with Crippen molar-refractivity contribution >= 4 is 21.9 Å². The standard InChI is InChI=1S/C19H33N5O4S/c1-4-20-19(23-16-7-12-24(13-8-16)29(26,27)5-2)22-11-6-10-21-18(25)17-15(3)9-14-28-17/h9,14,16H,4-8,10-13H2,1-3H3,(H,21,25)(H2,20,22,23). The average Bonchev–Trinajstić information content (AvgIpc) is 3.14. The molecule has 0 radical (unpaired) electrons. The van der Waals surface area contributed by atoms with E-state index in [0.717, 1.165) is 30.9 Å². The van der Waals surface area contributed by atoms with Crippen molar-refractivity contribution in [2.45, 2.75) is 46.1 Å². The molecular formula is C19H33N5O4S. The molecule has 0 atom stereocenters. The summed E-state index contributed by atoms with van der Waals surface area (Å²) < 4.78 is 30.7. The van der Waals surface area contributed by atoms with Crippen LogP contribution in [0, 0.1) is 6.92 Å². The maximum atomic E-state index is 12.0. The van der Waals surface area contributed by atoms with Crippen molar-refractivity contribution in [3.05, 3.63) is 23.7 Å². The van der Waals surface area contributed by atoms with E-state index in [-0.39, 0.29) is 17.7 Å². The molecule has 9 nitrogen and oxygen atoms in total. The summed E-state index contributed by atoms with van der Waals surface area (Å²) in [5.41, 5.74) is 0.817. The third-order valence-corrected chi connectivity index (χ3v) is 6.74. The number of amides is 1. The number of nitrogens with one attached hydrogen (secondary N) is 3. The zero-order chi connectivity index (χ0) is 21.3. The molecule has 0 unspecified atom stereocenters. The fourth-order valence-corrected chi connectivity index (χ4v) is 4.26. The number of nitrogens with zero attached hydrogens (tertiary/aromatic N) is 2. The Morgan fingerprint density at radius 1 is 1.28 bits per heavy atom. The number of aliphatic imine (C=N–C) groups is 1. The predicted octanol–water partition coefficient (Wildman–Crippen LogP) is 1.08. The highest BCUT2D eigenvalue weighted by Crippen LogP contribution is 2.14. The second kappa shape index (κ2) is 11.2. The van der Waals surface area contributed by atoms with Gasteiger partial charge in [0.15, 0.2) is 11.7 Å². The second-order valence-corrected chi connectivity index (χ2v) is 9.28. The molecule has 1 amide bonds. The van der Waals surface area contributed by atoms with Gasteiger partial charge in [0.2, 0.25) is 10.0 Å². The van der Waals surface area contributed by atoms with Gasteiger partial charge in [-0.25, -0.2) is 12.7 Å². The van der Waals surface area contributed by atoms with Crippen molar-refractivity contribution in [3.8, 4) is 0 Å². The van der Waals surface area contributed by atoms with Crippen LogP contribution in [-0.2, 0) is 10.0 Å². The number of carbonyl (C=O) groups is 1. The van der Waals surface area contributed by atoms with E-state index in [1.807, 2.05) is 13.8 Å². The summed E-state index contributed by atoms with van der Waals surface area (Å²) in [6, 6.07) is 1.95. The number of sulfonamides is 1. The molecule has 3 N–H and O–H groups in total. The number of guanidine groups is 1. The maximum Gasteiger partial charge on any atom is 0.287 e. The smallest absolute Gasteiger partial charge is 0.287 e. The Bertz CT molecular complexity index is 782. The van der Waals surface area contributed by atoms with Crippen molar-refractivity contribution in [2.75, 3.05) is 38.5 Å². The third-order valence-electron chi connectivity index (χ3n) is 4.86. The van der Waals surface area contributed by atoms with Crippen molar-refractivity contribution in [2.24, 2.45) is 4.99 Å². The molecule has 1 fully saturated rings. The van der Waals surface area contributed by atoms with Gasteiger partial charge >= 0.3 is 0 Å². The Morgan fingerprint density at radius 3 is 2.59 bits per heavy atom. The number of hydrogen-bond donors (Lipinski definition) is 3. The average molecular weight is 428 g/mol. The third kappa shape index (κ3) is 7.04. The molecule has 0 spiro atoms. The summed E-state index contributed by atoms with van der Waals surface area (Å²) in [6.45, 7) is 8.39. The summed E-state index contributed by atoms with van der Waals surface area (Å²) in [5.74, 6) is 0.998. The fourth-order valence-electron chi connectivity index (χ4n) is 3.13. The Kier molecular flexibility index (Phi) is 8.97. The Hall–Kier alpha value is -2.07. The minimum Gasteiger partial charge on any atom is -0.459 e. The van der Waals surface area contributed by atoms with Gasteiger partial charge < -0.3 is 20.4 Å². The van der Waals surface area contributed by atoms with Gasteiger partial charge in [-0.15, -0.1) is 0 Å². The van der Waals surface area contributed by atoms with Crippen LogP contribution in [0.15, 0.2) is 21.7 Å². The molecule has 0 aromatic carbocycles. The molecule has 1 aromatic heterocycles. The van der Waals surface area contributed by atoms with Gasteiger partial charge in [-0.05, 0) is 46.1 Å². The first kappa shape index (κ1) is 23.2. The summed E-state index contributed by atoms with van der Waals surface area (Å²) in [7, 11) is -3.11. The van der Waals surface area contributed by atoms with Gasteiger partial charge in [-0.3, -0.25) is 9.79 Å². The van der Waals surface area contributed by atoms with E-state index in [9.17, 15) is 13.2 Å². The van der Waals surface area contributed by atoms with Crippen LogP contribution in [0.3, 0.4) is 0 Å². The van der Waals surface area contributed by atoms with Crippen LogP contribution < -0.4 is 16.0 Å². The lowest BCUT2D eigenvalue weighted by atomic mass is 10.1. The fraction of sp³-hybridized carbons (Fsp3) is 0.684. The Labute approximate surface area is 173 Å². The van der Waals surface area contributed by atoms with Gasteiger partial charge in [0.1, 0.15) is 0 Å². The van der Waals surface area contributed by atoms with Crippen LogP contribution in [0.4, 0.5) is 0 Å². The second-order valence-electron chi connectivity index (χ2n) is 7.02. The number of aryl methyl sites for hydroxylation is 1. The number of furan rings is 1. The lowest BCUT2D eigenvalue weighted by Crippen LogP contribution is -2.50. The SMILES string of the molecule is CCNC(=NCCCNC(=O)c1occc1C)NC1CCN(S(=O)(=O)CC)CC1. The van der Waals surface area contributed by atoms with Gasteiger partial charge in [-0.1, -0.05) is 0 Å². The van der Waals surface area contributed by atoms with E-state index in [1.54, 1.807) is 17.3 Å². The largest absolute Gasteiger partial charge is 0.459 e. The van der Waals surface area contributed by atoms with Crippen LogP contribution in [0.1, 0.15) is 49.2 Å². The van der Waals surface area contributed by atoms with Crippen LogP contribution in [0.2, 0.25) is 0 Å². The van der Waals surface area contributed by atoms with Gasteiger partial charge in [0.25, 0.3) is 5.91 Å². The monoisotopic (exact) mass is 427 g/mol. The minimum atomic E-state index is -3.11. The highest BCUT2D eigenvalue weighted by atomic mass is 32.2. The minimum absolute atomic E-state index is 0.144. The Balaban J connectivity index is 1.74. The number of rotatable bonds is 9. The van der Waals surface area contributed by atoms with Gasteiger partial charge in [0.05, 0.1) is 12.0 Å². The summed E-state index contributed by atoms with van der Waals surface area (Å²) in [6.07, 6.45) is 3.71. The zero-order valence-electron chi connectivity index (χ0n) is 17.5. The molecule has 1 aliphatic heterocycles. The molecule has 10 heteroatoms. The molecule has 2 rings (SSSR count). The molecular weight excluding hydrogens is 394 g/mol. The van der Waals surface area contributed by atoms with Crippen molar-refractivity contribution < 1.29 is 17.6 Å². The molecule has 1 saturated heterocycles. The van der Waals surface area contributed by atoms with E-state index in [4.69, 9.17) is 4.42 Å². The first-order chi connectivity index (χ1) is 13.9. The van der Waals surface area contributed by atoms with Crippen molar-refractivity contribution in [1.29, 1.82) is 0 Å². The number of hydrogen-bond acceptors (Lipinski definition) is 5. The normalized spacial score (nSPS) is 16.6. The Morgan fingerprint density at radius 2 is 2.00 bits per heavy atom. The first-order valence-corrected chi connectivity index (χ1v) is 11.8. The molecule has 164 valence electrons. The van der Waals surface area contributed by atoms with E-state index in [1.165, 1.54) is 6.26 Å². The first-order valence-electron chi connectivity index (χ1n) is 10.2. The lowest BCUT2D eigenvalue weighted by Gasteiger charge is -2.32. The quantitative estimate of drug-likeness (QED) is 0.308. The van der Waals surface area contributed by atoms with Crippen LogP contribution in [0.25, 0.3) is 0 Å².